The van der Waals surface area contributed by atoms with Gasteiger partial charge in [-0.1, -0.05) is 24.3 Å². The lowest BCUT2D eigenvalue weighted by Crippen LogP contribution is -2.15. The van der Waals surface area contributed by atoms with Crippen molar-refractivity contribution in [1.29, 1.82) is 0 Å². The van der Waals surface area contributed by atoms with Gasteiger partial charge in [0.1, 0.15) is 12.0 Å². The Bertz CT molecular complexity index is 929. The molecule has 0 fully saturated rings. The predicted molar refractivity (Wildman–Crippen MR) is 93.9 cm³/mol. The number of H-pyrrole nitrogens is 1. The molecule has 0 aliphatic carbocycles. The van der Waals surface area contributed by atoms with Crippen LogP contribution in [0.3, 0.4) is 0 Å². The number of hydrogen-bond acceptors (Lipinski definition) is 6. The molecule has 2 N–H and O–H groups in total. The van der Waals surface area contributed by atoms with Gasteiger partial charge in [0, 0.05) is 11.8 Å². The Kier molecular flexibility index (Phi) is 4.21. The number of pyridine rings is 1. The maximum Gasteiger partial charge on any atom is 0.249 e. The van der Waals surface area contributed by atoms with Crippen LogP contribution in [-0.2, 0) is 11.2 Å². The fraction of sp³-hybridized carbons (Fsp3) is 0.0556. The molecule has 0 aliphatic heterocycles. The van der Waals surface area contributed by atoms with E-state index >= 15 is 0 Å². The number of nitrogens with zero attached hydrogens (tertiary/aromatic N) is 4. The average Bonchev–Trinajstić information content (AvgIpc) is 3.33. The molecular weight excluding hydrogens is 332 g/mol. The number of anilines is 1. The number of rotatable bonds is 5. The lowest BCUT2D eigenvalue weighted by molar-refractivity contribution is -0.115. The van der Waals surface area contributed by atoms with Crippen LogP contribution in [0.4, 0.5) is 5.95 Å². The lowest BCUT2D eigenvalue weighted by atomic mass is 10.2. The van der Waals surface area contributed by atoms with E-state index in [-0.39, 0.29) is 18.3 Å². The number of carbonyl (C=O) groups excluding carboxylic acids is 1. The first-order valence-electron chi connectivity index (χ1n) is 7.91. The molecule has 0 unspecified atom stereocenters. The maximum absolute atomic E-state index is 12.2. The van der Waals surface area contributed by atoms with Crippen LogP contribution in [0.1, 0.15) is 5.69 Å². The minimum atomic E-state index is -0.288. The van der Waals surface area contributed by atoms with Crippen LogP contribution >= 0.6 is 0 Å². The molecule has 0 spiro atoms. The topological polar surface area (TPSA) is 110 Å². The average molecular weight is 346 g/mol. The molecule has 0 radical (unpaired) electrons. The van der Waals surface area contributed by atoms with Gasteiger partial charge in [-0.05, 0) is 24.3 Å². The van der Waals surface area contributed by atoms with E-state index in [1.807, 2.05) is 42.5 Å². The molecule has 128 valence electrons. The van der Waals surface area contributed by atoms with Gasteiger partial charge in [0.2, 0.25) is 17.7 Å². The largest absolute Gasteiger partial charge is 0.444 e. The van der Waals surface area contributed by atoms with Crippen molar-refractivity contribution >= 4 is 11.9 Å². The van der Waals surface area contributed by atoms with Crippen molar-refractivity contribution in [3.8, 4) is 23.0 Å². The Morgan fingerprint density at radius 3 is 2.73 bits per heavy atom. The first-order valence-corrected chi connectivity index (χ1v) is 7.91. The Morgan fingerprint density at radius 1 is 1.08 bits per heavy atom. The van der Waals surface area contributed by atoms with Crippen molar-refractivity contribution in [2.45, 2.75) is 6.42 Å². The van der Waals surface area contributed by atoms with Gasteiger partial charge >= 0.3 is 0 Å². The maximum atomic E-state index is 12.2. The van der Waals surface area contributed by atoms with Crippen molar-refractivity contribution in [2.75, 3.05) is 5.32 Å². The second kappa shape index (κ2) is 6.98. The highest BCUT2D eigenvalue weighted by molar-refractivity contribution is 5.90. The molecule has 3 heterocycles. The summed E-state index contributed by atoms with van der Waals surface area (Å²) >= 11 is 0. The monoisotopic (exact) mass is 346 g/mol. The zero-order valence-electron chi connectivity index (χ0n) is 13.6. The fourth-order valence-corrected chi connectivity index (χ4v) is 2.37. The minimum Gasteiger partial charge on any atom is -0.444 e. The second-order valence-electron chi connectivity index (χ2n) is 5.46. The Morgan fingerprint density at radius 2 is 1.92 bits per heavy atom. The Labute approximate surface area is 148 Å². The van der Waals surface area contributed by atoms with E-state index in [0.717, 1.165) is 5.56 Å². The molecule has 26 heavy (non-hydrogen) atoms. The normalized spacial score (nSPS) is 10.6. The van der Waals surface area contributed by atoms with Gasteiger partial charge < -0.3 is 4.42 Å². The third-order valence-electron chi connectivity index (χ3n) is 3.56. The van der Waals surface area contributed by atoms with E-state index in [1.165, 1.54) is 6.26 Å². The first-order chi connectivity index (χ1) is 12.8. The molecule has 1 amide bonds. The molecule has 8 nitrogen and oxygen atoms in total. The van der Waals surface area contributed by atoms with Gasteiger partial charge in [-0.2, -0.15) is 4.98 Å². The summed E-state index contributed by atoms with van der Waals surface area (Å²) in [5.74, 6) is 0.851. The fourth-order valence-electron chi connectivity index (χ4n) is 2.37. The molecule has 0 saturated heterocycles. The predicted octanol–water partition coefficient (Wildman–Crippen LogP) is 2.70. The quantitative estimate of drug-likeness (QED) is 0.575. The van der Waals surface area contributed by atoms with Crippen molar-refractivity contribution in [2.24, 2.45) is 0 Å². The van der Waals surface area contributed by atoms with Crippen LogP contribution in [0.5, 0.6) is 0 Å². The zero-order chi connectivity index (χ0) is 17.8. The number of amides is 1. The van der Waals surface area contributed by atoms with Crippen molar-refractivity contribution in [3.63, 3.8) is 0 Å². The van der Waals surface area contributed by atoms with Crippen molar-refractivity contribution in [3.05, 3.63) is 66.7 Å². The standard InChI is InChI=1S/C18H14N6O2/c25-15(10-13-11-26-17(20-13)12-6-2-1-3-7-12)21-18-22-16(23-24-18)14-8-4-5-9-19-14/h1-9,11H,10H2,(H2,21,22,23,24,25). The van der Waals surface area contributed by atoms with Gasteiger partial charge in [-0.3, -0.25) is 20.2 Å². The van der Waals surface area contributed by atoms with E-state index in [2.05, 4.69) is 30.5 Å². The van der Waals surface area contributed by atoms with Crippen molar-refractivity contribution in [1.82, 2.24) is 25.1 Å². The van der Waals surface area contributed by atoms with Crippen LogP contribution in [-0.4, -0.2) is 31.1 Å². The van der Waals surface area contributed by atoms with E-state index in [9.17, 15) is 4.79 Å². The minimum absolute atomic E-state index is 0.0593. The number of carbonyl (C=O) groups is 1. The Balaban J connectivity index is 1.40. The van der Waals surface area contributed by atoms with Gasteiger partial charge in [-0.25, -0.2) is 4.98 Å². The smallest absolute Gasteiger partial charge is 0.249 e. The number of hydrogen-bond donors (Lipinski definition) is 2. The van der Waals surface area contributed by atoms with E-state index in [1.54, 1.807) is 12.3 Å². The van der Waals surface area contributed by atoms with Gasteiger partial charge in [0.05, 0.1) is 12.1 Å². The summed E-state index contributed by atoms with van der Waals surface area (Å²) < 4.78 is 5.43. The summed E-state index contributed by atoms with van der Waals surface area (Å²) in [6, 6.07) is 14.9. The van der Waals surface area contributed by atoms with E-state index < -0.39 is 0 Å². The van der Waals surface area contributed by atoms with E-state index in [0.29, 0.717) is 23.1 Å². The zero-order valence-corrected chi connectivity index (χ0v) is 13.6. The molecular formula is C18H14N6O2. The number of benzene rings is 1. The van der Waals surface area contributed by atoms with Gasteiger partial charge in [0.25, 0.3) is 0 Å². The second-order valence-corrected chi connectivity index (χ2v) is 5.46. The highest BCUT2D eigenvalue weighted by Gasteiger charge is 2.13. The number of oxazole rings is 1. The van der Waals surface area contributed by atoms with Crippen LogP contribution in [0.15, 0.2) is 65.4 Å². The molecule has 4 aromatic rings. The summed E-state index contributed by atoms with van der Waals surface area (Å²) in [5.41, 5.74) is 2.03. The summed E-state index contributed by atoms with van der Waals surface area (Å²) in [4.78, 5) is 24.9. The Hall–Kier alpha value is -3.81. The van der Waals surface area contributed by atoms with Gasteiger partial charge in [-0.15, -0.1) is 5.10 Å². The number of aromatic amines is 1. The van der Waals surface area contributed by atoms with Crippen LogP contribution in [0.2, 0.25) is 0 Å². The van der Waals surface area contributed by atoms with Gasteiger partial charge in [0.15, 0.2) is 5.82 Å². The summed E-state index contributed by atoms with van der Waals surface area (Å²) in [6.45, 7) is 0. The highest BCUT2D eigenvalue weighted by Crippen LogP contribution is 2.18. The van der Waals surface area contributed by atoms with Crippen LogP contribution < -0.4 is 5.32 Å². The summed E-state index contributed by atoms with van der Waals surface area (Å²) in [6.07, 6.45) is 3.19. The highest BCUT2D eigenvalue weighted by atomic mass is 16.3. The van der Waals surface area contributed by atoms with Crippen LogP contribution in [0.25, 0.3) is 23.0 Å². The molecule has 3 aromatic heterocycles. The number of aromatic nitrogens is 5. The molecule has 0 bridgehead atoms. The molecule has 0 aliphatic rings. The SMILES string of the molecule is O=C(Cc1coc(-c2ccccc2)n1)Nc1n[nH]c(-c2ccccn2)n1. The van der Waals surface area contributed by atoms with Crippen LogP contribution in [0, 0.1) is 0 Å². The molecule has 8 heteroatoms. The lowest BCUT2D eigenvalue weighted by Gasteiger charge is -1.97. The molecule has 0 atom stereocenters. The molecule has 0 saturated carbocycles. The molecule has 1 aromatic carbocycles. The van der Waals surface area contributed by atoms with E-state index in [4.69, 9.17) is 4.42 Å². The first kappa shape index (κ1) is 15.7. The number of nitrogens with one attached hydrogen (secondary N) is 2. The molecule has 4 rings (SSSR count). The third kappa shape index (κ3) is 3.48. The summed E-state index contributed by atoms with van der Waals surface area (Å²) in [5, 5.41) is 9.35. The third-order valence-corrected chi connectivity index (χ3v) is 3.56. The van der Waals surface area contributed by atoms with Crippen molar-refractivity contribution < 1.29 is 9.21 Å². The summed E-state index contributed by atoms with van der Waals surface area (Å²) in [7, 11) is 0.